The average molecular weight is 360 g/mol. The third kappa shape index (κ3) is 6.27. The maximum atomic E-state index is 10.9. The summed E-state index contributed by atoms with van der Waals surface area (Å²) in [6.45, 7) is 0. The average Bonchev–Trinajstić information content (AvgIpc) is 2.64. The van der Waals surface area contributed by atoms with E-state index in [9.17, 15) is 8.42 Å². The fourth-order valence-corrected chi connectivity index (χ4v) is 3.34. The number of rotatable bonds is 3. The van der Waals surface area contributed by atoms with Gasteiger partial charge in [-0.1, -0.05) is 60.7 Å². The van der Waals surface area contributed by atoms with Gasteiger partial charge in [0, 0.05) is 0 Å². The van der Waals surface area contributed by atoms with Gasteiger partial charge in [-0.3, -0.25) is 0 Å². The summed E-state index contributed by atoms with van der Waals surface area (Å²) in [6.07, 6.45) is 1.69. The molecule has 0 unspecified atom stereocenters. The number of hydrogen-bond acceptors (Lipinski definition) is 2. The zero-order valence-electron chi connectivity index (χ0n) is 13.9. The van der Waals surface area contributed by atoms with E-state index in [0.29, 0.717) is 5.56 Å². The molecule has 3 rings (SSSR count). The molecule has 0 spiro atoms. The second kappa shape index (κ2) is 9.70. The van der Waals surface area contributed by atoms with Crippen molar-refractivity contribution in [3.63, 3.8) is 0 Å². The van der Waals surface area contributed by atoms with E-state index in [1.807, 2.05) is 15.5 Å². The van der Waals surface area contributed by atoms with E-state index in [2.05, 4.69) is 48.5 Å². The van der Waals surface area contributed by atoms with Gasteiger partial charge in [0.25, 0.3) is 0 Å². The molecule has 0 atom stereocenters. The van der Waals surface area contributed by atoms with Gasteiger partial charge in [-0.05, 0) is 11.1 Å². The third-order valence-electron chi connectivity index (χ3n) is 3.42. The Labute approximate surface area is 166 Å². The van der Waals surface area contributed by atoms with Crippen molar-refractivity contribution in [2.45, 2.75) is 4.90 Å². The van der Waals surface area contributed by atoms with Crippen molar-refractivity contribution >= 4 is 44.1 Å². The second-order valence-corrected chi connectivity index (χ2v) is 7.30. The van der Waals surface area contributed by atoms with Crippen molar-refractivity contribution in [2.24, 2.45) is 0 Å². The van der Waals surface area contributed by atoms with Gasteiger partial charge in [-0.25, -0.2) is 0 Å². The number of benzene rings is 3. The van der Waals surface area contributed by atoms with Crippen LogP contribution < -0.4 is 0 Å². The SMILES string of the molecule is O=S(=O)(O)c1ccccc1C=[CH][Na].c1ccc(-c2ccccc2)cc1. The Morgan fingerprint density at radius 1 is 0.720 bits per heavy atom. The molecule has 0 saturated heterocycles. The second-order valence-electron chi connectivity index (χ2n) is 5.24. The fraction of sp³-hybridized carbons (Fsp3) is 0. The largest absolute Gasteiger partial charge is 0.0622 e. The van der Waals surface area contributed by atoms with E-state index >= 15 is 0 Å². The van der Waals surface area contributed by atoms with E-state index in [0.717, 1.165) is 27.9 Å². The van der Waals surface area contributed by atoms with Crippen LogP contribution in [0.3, 0.4) is 0 Å². The first-order chi connectivity index (χ1) is 12.0. The molecule has 0 aromatic heterocycles. The minimum Gasteiger partial charge on any atom is -0.0622 e. The zero-order valence-corrected chi connectivity index (χ0v) is 16.7. The molecule has 0 fully saturated rings. The summed E-state index contributed by atoms with van der Waals surface area (Å²) in [5.74, 6) is 0. The van der Waals surface area contributed by atoms with Gasteiger partial charge in [0.2, 0.25) is 0 Å². The van der Waals surface area contributed by atoms with Gasteiger partial charge in [0.1, 0.15) is 0 Å². The molecule has 122 valence electrons. The molecule has 0 aliphatic rings. The number of hydrogen-bond donors (Lipinski definition) is 1. The van der Waals surface area contributed by atoms with Crippen LogP contribution >= 0.6 is 0 Å². The first-order valence-electron chi connectivity index (χ1n) is 7.82. The monoisotopic (exact) mass is 360 g/mol. The molecular weight excluding hydrogens is 343 g/mol. The molecule has 0 bridgehead atoms. The minimum absolute atomic E-state index is 0.0397. The molecule has 3 aromatic carbocycles. The van der Waals surface area contributed by atoms with Crippen LogP contribution in [0.15, 0.2) is 93.2 Å². The van der Waals surface area contributed by atoms with E-state index in [1.54, 1.807) is 24.3 Å². The van der Waals surface area contributed by atoms with Crippen molar-refractivity contribution < 1.29 is 13.0 Å². The summed E-state index contributed by atoms with van der Waals surface area (Å²) in [5.41, 5.74) is 3.08. The standard InChI is InChI=1S/C12H10.C8H7O3S.Na/c1-3-7-11(8-4-1)12-9-5-2-6-10-12;1-2-7-5-3-4-6-8(7)12(9,10)11;/h1-10H;1-6H,(H,9,10,11);. The van der Waals surface area contributed by atoms with Gasteiger partial charge < -0.3 is 0 Å². The maximum absolute atomic E-state index is 10.9. The molecule has 0 radical (unpaired) electrons. The minimum atomic E-state index is -4.09. The van der Waals surface area contributed by atoms with Crippen LogP contribution in [0, 0.1) is 0 Å². The zero-order chi connectivity index (χ0) is 18.1. The van der Waals surface area contributed by atoms with E-state index in [4.69, 9.17) is 4.55 Å². The smallest absolute Gasteiger partial charge is 0.0184 e. The van der Waals surface area contributed by atoms with E-state index < -0.39 is 10.1 Å². The van der Waals surface area contributed by atoms with Crippen LogP contribution in [-0.2, 0) is 10.1 Å². The van der Waals surface area contributed by atoms with Crippen molar-refractivity contribution in [1.29, 1.82) is 0 Å². The van der Waals surface area contributed by atoms with Crippen LogP contribution in [-0.4, -0.2) is 40.9 Å². The Kier molecular flexibility index (Phi) is 7.62. The van der Waals surface area contributed by atoms with Crippen LogP contribution in [0.25, 0.3) is 17.2 Å². The van der Waals surface area contributed by atoms with E-state index in [1.165, 1.54) is 17.2 Å². The first-order valence-corrected chi connectivity index (χ1v) is 10.4. The Hall–Kier alpha value is -1.69. The van der Waals surface area contributed by atoms with Crippen molar-refractivity contribution in [3.05, 3.63) is 93.8 Å². The molecule has 0 aliphatic heterocycles. The molecule has 0 amide bonds. The molecule has 0 heterocycles. The van der Waals surface area contributed by atoms with E-state index in [-0.39, 0.29) is 4.90 Å². The molecular formula is C20H17NaO3S. The summed E-state index contributed by atoms with van der Waals surface area (Å²) >= 11 is 0.852. The topological polar surface area (TPSA) is 54.4 Å². The molecule has 0 saturated carbocycles. The molecule has 25 heavy (non-hydrogen) atoms. The molecule has 1 N–H and O–H groups in total. The predicted octanol–water partition coefficient (Wildman–Crippen LogP) is 4.43. The van der Waals surface area contributed by atoms with Gasteiger partial charge in [-0.15, -0.1) is 0 Å². The van der Waals surface area contributed by atoms with Crippen molar-refractivity contribution in [1.82, 2.24) is 0 Å². The molecule has 0 aliphatic carbocycles. The first kappa shape index (κ1) is 19.6. The quantitative estimate of drug-likeness (QED) is 0.555. The maximum Gasteiger partial charge on any atom is -0.0184 e. The summed E-state index contributed by atoms with van der Waals surface area (Å²) in [5, 5.41) is 0. The summed E-state index contributed by atoms with van der Waals surface area (Å²) < 4.78 is 32.4. The van der Waals surface area contributed by atoms with Gasteiger partial charge in [-0.2, -0.15) is 0 Å². The summed E-state index contributed by atoms with van der Waals surface area (Å²) in [7, 11) is -4.09. The summed E-state index contributed by atoms with van der Waals surface area (Å²) in [4.78, 5) is -0.0397. The van der Waals surface area contributed by atoms with Crippen LogP contribution in [0.5, 0.6) is 0 Å². The van der Waals surface area contributed by atoms with Gasteiger partial charge in [0.05, 0.1) is 0 Å². The van der Waals surface area contributed by atoms with Crippen LogP contribution in [0.4, 0.5) is 0 Å². The van der Waals surface area contributed by atoms with Gasteiger partial charge in [0.15, 0.2) is 0 Å². The van der Waals surface area contributed by atoms with Gasteiger partial charge >= 0.3 is 95.1 Å². The Morgan fingerprint density at radius 2 is 1.16 bits per heavy atom. The predicted molar refractivity (Wildman–Crippen MR) is 103 cm³/mol. The van der Waals surface area contributed by atoms with Crippen molar-refractivity contribution in [2.75, 3.05) is 0 Å². The Balaban J connectivity index is 0.000000181. The van der Waals surface area contributed by atoms with Crippen molar-refractivity contribution in [3.8, 4) is 11.1 Å². The fourth-order valence-electron chi connectivity index (χ4n) is 2.29. The molecule has 5 heteroatoms. The molecule has 3 nitrogen and oxygen atoms in total. The summed E-state index contributed by atoms with van der Waals surface area (Å²) in [6, 6.07) is 27.1. The normalized spacial score (nSPS) is 11.0. The van der Waals surface area contributed by atoms with Crippen LogP contribution in [0.2, 0.25) is 0 Å². The Morgan fingerprint density at radius 3 is 1.60 bits per heavy atom. The Bertz CT molecular complexity index is 884. The third-order valence-corrected chi connectivity index (χ3v) is 4.68. The van der Waals surface area contributed by atoms with Crippen LogP contribution in [0.1, 0.15) is 5.56 Å². The molecule has 3 aromatic rings.